The average molecular weight is 415 g/mol. The fourth-order valence-corrected chi connectivity index (χ4v) is 12.2. The maximum absolute atomic E-state index is 12.4. The van der Waals surface area contributed by atoms with Crippen molar-refractivity contribution in [2.45, 2.75) is 62.2 Å². The zero-order valence-electron chi connectivity index (χ0n) is 13.6. The quantitative estimate of drug-likeness (QED) is 0.645. The van der Waals surface area contributed by atoms with Crippen LogP contribution >= 0.6 is 0 Å². The molecule has 21 heavy (non-hydrogen) atoms. The van der Waals surface area contributed by atoms with Crippen molar-refractivity contribution >= 4 is 28.2 Å². The van der Waals surface area contributed by atoms with Crippen LogP contribution < -0.4 is 0 Å². The van der Waals surface area contributed by atoms with Crippen LogP contribution in [0.1, 0.15) is 43.6 Å². The minimum atomic E-state index is -3.09. The molecule has 2 rings (SSSR count). The first kappa shape index (κ1) is 17.3. The summed E-state index contributed by atoms with van der Waals surface area (Å²) in [6.45, 7) is 0. The Balaban J connectivity index is 2.07. The van der Waals surface area contributed by atoms with Gasteiger partial charge >= 0.3 is 134 Å². The van der Waals surface area contributed by atoms with E-state index < -0.39 is 28.2 Å². The second-order valence-electron chi connectivity index (χ2n) is 7.53. The molecule has 0 N–H and O–H groups in total. The summed E-state index contributed by atoms with van der Waals surface area (Å²) < 4.78 is 25.7. The SMILES string of the molecule is [CH3][Sn]([CH3])([CH3])[CH2]CS(=O)(=O)c1ccc(C2CCCCC2)cc1. The second-order valence-corrected chi connectivity index (χ2v) is 25.7. The molecule has 118 valence electrons. The molecule has 0 aromatic heterocycles. The number of hydrogen-bond donors (Lipinski definition) is 0. The zero-order chi connectivity index (χ0) is 15.5. The van der Waals surface area contributed by atoms with Gasteiger partial charge in [0.05, 0.1) is 0 Å². The Morgan fingerprint density at radius 3 is 2.10 bits per heavy atom. The van der Waals surface area contributed by atoms with Crippen LogP contribution in [0.25, 0.3) is 0 Å². The summed E-state index contributed by atoms with van der Waals surface area (Å²) in [6.07, 6.45) is 6.48. The topological polar surface area (TPSA) is 34.1 Å². The molecule has 0 amide bonds. The number of hydrogen-bond acceptors (Lipinski definition) is 2. The molecule has 0 atom stereocenters. The van der Waals surface area contributed by atoms with Crippen LogP contribution in [0.3, 0.4) is 0 Å². The van der Waals surface area contributed by atoms with Gasteiger partial charge in [-0.05, 0) is 0 Å². The predicted octanol–water partition coefficient (Wildman–Crippen LogP) is 4.85. The normalized spacial score (nSPS) is 17.9. The van der Waals surface area contributed by atoms with Crippen LogP contribution in [0.15, 0.2) is 29.2 Å². The fourth-order valence-electron chi connectivity index (χ4n) is 2.94. The maximum atomic E-state index is 12.4. The van der Waals surface area contributed by atoms with Crippen molar-refractivity contribution in [1.29, 1.82) is 0 Å². The average Bonchev–Trinajstić information content (AvgIpc) is 2.46. The van der Waals surface area contributed by atoms with Crippen molar-refractivity contribution in [3.63, 3.8) is 0 Å². The Hall–Kier alpha value is -0.0313. The Kier molecular flexibility index (Phi) is 5.80. The van der Waals surface area contributed by atoms with Gasteiger partial charge in [0, 0.05) is 0 Å². The second kappa shape index (κ2) is 7.03. The van der Waals surface area contributed by atoms with E-state index in [1.54, 1.807) is 0 Å². The van der Waals surface area contributed by atoms with Crippen LogP contribution in [-0.4, -0.2) is 32.5 Å². The minimum absolute atomic E-state index is 0.329. The molecule has 0 radical (unpaired) electrons. The van der Waals surface area contributed by atoms with E-state index in [4.69, 9.17) is 0 Å². The summed E-state index contributed by atoms with van der Waals surface area (Å²) >= 11 is -2.02. The molecule has 1 aliphatic carbocycles. The predicted molar refractivity (Wildman–Crippen MR) is 92.5 cm³/mol. The van der Waals surface area contributed by atoms with Crippen molar-refractivity contribution in [3.05, 3.63) is 29.8 Å². The number of benzene rings is 1. The van der Waals surface area contributed by atoms with Gasteiger partial charge in [-0.1, -0.05) is 0 Å². The molecular weight excluding hydrogens is 387 g/mol. The summed E-state index contributed by atoms with van der Waals surface area (Å²) in [5.74, 6) is 0.969. The molecule has 1 fully saturated rings. The van der Waals surface area contributed by atoms with E-state index in [1.165, 1.54) is 37.7 Å². The summed E-state index contributed by atoms with van der Waals surface area (Å²) in [6, 6.07) is 7.75. The van der Waals surface area contributed by atoms with Gasteiger partial charge in [0.15, 0.2) is 0 Å². The van der Waals surface area contributed by atoms with Gasteiger partial charge in [0.25, 0.3) is 0 Å². The molecule has 1 saturated carbocycles. The van der Waals surface area contributed by atoms with E-state index >= 15 is 0 Å². The van der Waals surface area contributed by atoms with Crippen molar-refractivity contribution in [1.82, 2.24) is 0 Å². The van der Waals surface area contributed by atoms with Crippen molar-refractivity contribution in [3.8, 4) is 0 Å². The van der Waals surface area contributed by atoms with E-state index in [0.29, 0.717) is 16.6 Å². The third-order valence-corrected chi connectivity index (χ3v) is 12.2. The molecule has 0 aliphatic heterocycles. The first-order valence-electron chi connectivity index (χ1n) is 8.11. The monoisotopic (exact) mass is 416 g/mol. The third kappa shape index (κ3) is 5.27. The van der Waals surface area contributed by atoms with E-state index in [2.05, 4.69) is 14.8 Å². The van der Waals surface area contributed by atoms with Crippen LogP contribution in [0.2, 0.25) is 19.3 Å². The fraction of sp³-hybridized carbons (Fsp3) is 0.647. The van der Waals surface area contributed by atoms with Gasteiger partial charge in [-0.3, -0.25) is 0 Å². The van der Waals surface area contributed by atoms with Crippen LogP contribution in [0, 0.1) is 0 Å². The molecule has 1 aliphatic rings. The first-order chi connectivity index (χ1) is 9.78. The van der Waals surface area contributed by atoms with E-state index in [0.717, 1.165) is 4.44 Å². The Morgan fingerprint density at radius 1 is 1.00 bits per heavy atom. The molecule has 0 bridgehead atoms. The standard InChI is InChI=1S/C14H19O2S.3CH3.Sn/c1-2-17(15,16)14-10-8-13(9-11-14)12-6-4-3-5-7-12;;;;/h8-12H,1-7H2;3*1H3;. The molecule has 2 nitrogen and oxygen atoms in total. The van der Waals surface area contributed by atoms with Crippen LogP contribution in [0.4, 0.5) is 0 Å². The van der Waals surface area contributed by atoms with Crippen LogP contribution in [-0.2, 0) is 9.84 Å². The molecule has 0 heterocycles. The molecule has 0 saturated heterocycles. The third-order valence-electron chi connectivity index (χ3n) is 4.44. The molecule has 0 spiro atoms. The first-order valence-corrected chi connectivity index (χ1v) is 20.3. The summed E-state index contributed by atoms with van der Waals surface area (Å²) in [4.78, 5) is 7.38. The van der Waals surface area contributed by atoms with Gasteiger partial charge in [-0.2, -0.15) is 0 Å². The number of sulfone groups is 1. The van der Waals surface area contributed by atoms with Gasteiger partial charge in [0.1, 0.15) is 0 Å². The summed E-state index contributed by atoms with van der Waals surface area (Å²) in [7, 11) is -3.09. The van der Waals surface area contributed by atoms with Gasteiger partial charge in [0.2, 0.25) is 0 Å². The molecule has 0 unspecified atom stereocenters. The molecule has 4 heteroatoms. The zero-order valence-corrected chi connectivity index (χ0v) is 17.2. The molecule has 1 aromatic rings. The van der Waals surface area contributed by atoms with Gasteiger partial charge in [-0.15, -0.1) is 0 Å². The summed E-state index contributed by atoms with van der Waals surface area (Å²) in [5, 5.41) is 0. The number of rotatable bonds is 5. The summed E-state index contributed by atoms with van der Waals surface area (Å²) in [5.41, 5.74) is 1.32. The van der Waals surface area contributed by atoms with Crippen molar-refractivity contribution in [2.75, 3.05) is 5.75 Å². The molecular formula is C17H28O2SSn. The van der Waals surface area contributed by atoms with Gasteiger partial charge < -0.3 is 0 Å². The van der Waals surface area contributed by atoms with Gasteiger partial charge in [-0.25, -0.2) is 0 Å². The van der Waals surface area contributed by atoms with Crippen molar-refractivity contribution < 1.29 is 8.42 Å². The van der Waals surface area contributed by atoms with E-state index in [-0.39, 0.29) is 0 Å². The Morgan fingerprint density at radius 2 is 1.57 bits per heavy atom. The molecule has 1 aromatic carbocycles. The Labute approximate surface area is 134 Å². The Bertz CT molecular complexity index is 549. The van der Waals surface area contributed by atoms with E-state index in [1.807, 2.05) is 24.3 Å². The van der Waals surface area contributed by atoms with E-state index in [9.17, 15) is 8.42 Å². The van der Waals surface area contributed by atoms with Crippen LogP contribution in [0.5, 0.6) is 0 Å². The van der Waals surface area contributed by atoms with Crippen molar-refractivity contribution in [2.24, 2.45) is 0 Å².